The molecule has 0 N–H and O–H groups in total. The Labute approximate surface area is 138 Å². The molecule has 0 aliphatic carbocycles. The Morgan fingerprint density at radius 1 is 1.35 bits per heavy atom. The van der Waals surface area contributed by atoms with Gasteiger partial charge < -0.3 is 9.64 Å². The second-order valence-electron chi connectivity index (χ2n) is 7.05. The van der Waals surface area contributed by atoms with Gasteiger partial charge in [0.2, 0.25) is 5.91 Å². The quantitative estimate of drug-likeness (QED) is 0.836. The van der Waals surface area contributed by atoms with E-state index >= 15 is 0 Å². The van der Waals surface area contributed by atoms with Crippen molar-refractivity contribution in [2.24, 2.45) is 5.92 Å². The fraction of sp³-hybridized carbons (Fsp3) is 0.765. The molecule has 0 spiro atoms. The van der Waals surface area contributed by atoms with Crippen LogP contribution in [0, 0.1) is 5.92 Å². The van der Waals surface area contributed by atoms with Crippen molar-refractivity contribution in [1.29, 1.82) is 0 Å². The molecule has 0 unspecified atom stereocenters. The van der Waals surface area contributed by atoms with Crippen LogP contribution in [0.15, 0.2) is 12.3 Å². The van der Waals surface area contributed by atoms with E-state index < -0.39 is 0 Å². The van der Waals surface area contributed by atoms with Crippen LogP contribution in [-0.2, 0) is 16.0 Å². The molecule has 3 heterocycles. The summed E-state index contributed by atoms with van der Waals surface area (Å²) in [6.07, 6.45) is 2.36. The maximum absolute atomic E-state index is 12.6. The number of rotatable bonds is 4. The highest BCUT2D eigenvalue weighted by atomic mass is 16.5. The van der Waals surface area contributed by atoms with Gasteiger partial charge in [0.15, 0.2) is 0 Å². The number of carbonyl (C=O) groups is 1. The predicted molar refractivity (Wildman–Crippen MR) is 88.2 cm³/mol. The molecular weight excluding hydrogens is 292 g/mol. The summed E-state index contributed by atoms with van der Waals surface area (Å²) in [5.41, 5.74) is 0.867. The van der Waals surface area contributed by atoms with Crippen LogP contribution in [0.3, 0.4) is 0 Å². The summed E-state index contributed by atoms with van der Waals surface area (Å²) >= 11 is 0. The lowest BCUT2D eigenvalue weighted by Crippen LogP contribution is -2.47. The highest BCUT2D eigenvalue weighted by molar-refractivity contribution is 5.78. The van der Waals surface area contributed by atoms with Crippen molar-refractivity contribution in [3.05, 3.63) is 18.0 Å². The number of hydrogen-bond acceptors (Lipinski definition) is 4. The van der Waals surface area contributed by atoms with E-state index in [2.05, 4.69) is 30.8 Å². The van der Waals surface area contributed by atoms with Gasteiger partial charge in [-0.3, -0.25) is 14.4 Å². The van der Waals surface area contributed by atoms with Crippen molar-refractivity contribution in [3.8, 4) is 0 Å². The number of morpholine rings is 1. The minimum absolute atomic E-state index is 0.196. The van der Waals surface area contributed by atoms with Gasteiger partial charge >= 0.3 is 0 Å². The average Bonchev–Trinajstić information content (AvgIpc) is 3.15. The van der Waals surface area contributed by atoms with E-state index in [0.717, 1.165) is 45.1 Å². The Hall–Kier alpha value is -1.40. The maximum Gasteiger partial charge on any atom is 0.228 e. The van der Waals surface area contributed by atoms with Gasteiger partial charge in [-0.15, -0.1) is 0 Å². The van der Waals surface area contributed by atoms with E-state index in [1.165, 1.54) is 0 Å². The first kappa shape index (κ1) is 16.5. The van der Waals surface area contributed by atoms with E-state index in [9.17, 15) is 4.79 Å². The molecule has 0 saturated carbocycles. The third-order valence-corrected chi connectivity index (χ3v) is 4.97. The number of ether oxygens (including phenoxy) is 1. The molecule has 1 aromatic heterocycles. The summed E-state index contributed by atoms with van der Waals surface area (Å²) in [6.45, 7) is 11.7. The number of hydrogen-bond donors (Lipinski definition) is 0. The number of nitrogens with zero attached hydrogens (tertiary/aromatic N) is 4. The Bertz CT molecular complexity index is 536. The molecule has 0 radical (unpaired) electrons. The van der Waals surface area contributed by atoms with E-state index in [-0.39, 0.29) is 5.91 Å². The summed E-state index contributed by atoms with van der Waals surface area (Å²) in [5.74, 6) is 0.715. The fourth-order valence-corrected chi connectivity index (χ4v) is 3.56. The first-order valence-electron chi connectivity index (χ1n) is 8.68. The molecule has 6 heteroatoms. The van der Waals surface area contributed by atoms with Gasteiger partial charge in [-0.2, -0.15) is 5.10 Å². The van der Waals surface area contributed by atoms with Crippen molar-refractivity contribution in [1.82, 2.24) is 19.6 Å². The van der Waals surface area contributed by atoms with Crippen molar-refractivity contribution in [3.63, 3.8) is 0 Å². The van der Waals surface area contributed by atoms with Crippen LogP contribution in [0.25, 0.3) is 0 Å². The van der Waals surface area contributed by atoms with Crippen LogP contribution in [0.1, 0.15) is 32.5 Å². The smallest absolute Gasteiger partial charge is 0.228 e. The number of amides is 1. The van der Waals surface area contributed by atoms with Gasteiger partial charge in [-0.1, -0.05) is 6.92 Å². The van der Waals surface area contributed by atoms with Crippen molar-refractivity contribution < 1.29 is 9.53 Å². The lowest BCUT2D eigenvalue weighted by molar-refractivity contribution is -0.129. The van der Waals surface area contributed by atoms with E-state index in [1.807, 2.05) is 21.8 Å². The molecule has 2 atom stereocenters. The molecule has 6 nitrogen and oxygen atoms in total. The highest BCUT2D eigenvalue weighted by Crippen LogP contribution is 2.23. The zero-order chi connectivity index (χ0) is 16.4. The second-order valence-corrected chi connectivity index (χ2v) is 7.05. The van der Waals surface area contributed by atoms with E-state index in [0.29, 0.717) is 24.4 Å². The zero-order valence-corrected chi connectivity index (χ0v) is 14.4. The Kier molecular flexibility index (Phi) is 5.02. The molecule has 2 fully saturated rings. The molecular formula is C17H28N4O2. The minimum Gasteiger partial charge on any atom is -0.379 e. The number of likely N-dealkylation sites (tertiary alicyclic amines) is 1. The summed E-state index contributed by atoms with van der Waals surface area (Å²) in [5, 5.41) is 4.49. The first-order chi connectivity index (χ1) is 11.0. The van der Waals surface area contributed by atoms with Crippen LogP contribution < -0.4 is 0 Å². The van der Waals surface area contributed by atoms with Gasteiger partial charge in [0, 0.05) is 44.5 Å². The lowest BCUT2D eigenvalue weighted by atomic mass is 10.0. The van der Waals surface area contributed by atoms with Crippen molar-refractivity contribution in [2.75, 3.05) is 39.4 Å². The minimum atomic E-state index is 0.196. The van der Waals surface area contributed by atoms with E-state index in [1.54, 1.807) is 0 Å². The van der Waals surface area contributed by atoms with E-state index in [4.69, 9.17) is 4.74 Å². The second kappa shape index (κ2) is 7.01. The topological polar surface area (TPSA) is 50.6 Å². The summed E-state index contributed by atoms with van der Waals surface area (Å²) in [7, 11) is 0. The van der Waals surface area contributed by atoms with Crippen LogP contribution in [-0.4, -0.2) is 70.9 Å². The monoisotopic (exact) mass is 320 g/mol. The molecule has 0 aromatic carbocycles. The third-order valence-electron chi connectivity index (χ3n) is 4.97. The van der Waals surface area contributed by atoms with Crippen molar-refractivity contribution in [2.45, 2.75) is 39.3 Å². The molecule has 2 aliphatic heterocycles. The van der Waals surface area contributed by atoms with Gasteiger partial charge in [0.05, 0.1) is 25.3 Å². The number of aromatic nitrogens is 2. The average molecular weight is 320 g/mol. The third kappa shape index (κ3) is 3.75. The van der Waals surface area contributed by atoms with Crippen LogP contribution >= 0.6 is 0 Å². The Balaban J connectivity index is 1.57. The molecule has 2 aliphatic rings. The van der Waals surface area contributed by atoms with Gasteiger partial charge in [-0.25, -0.2) is 0 Å². The predicted octanol–water partition coefficient (Wildman–Crippen LogP) is 1.19. The lowest BCUT2D eigenvalue weighted by Gasteiger charge is -2.33. The number of carbonyl (C=O) groups excluding carboxylic acids is 1. The van der Waals surface area contributed by atoms with Crippen molar-refractivity contribution >= 4 is 5.91 Å². The Morgan fingerprint density at radius 2 is 2.09 bits per heavy atom. The zero-order valence-electron chi connectivity index (χ0n) is 14.4. The summed E-state index contributed by atoms with van der Waals surface area (Å²) < 4.78 is 7.35. The summed E-state index contributed by atoms with van der Waals surface area (Å²) in [6, 6.07) is 2.75. The molecule has 2 saturated heterocycles. The molecule has 0 bridgehead atoms. The maximum atomic E-state index is 12.6. The molecule has 23 heavy (non-hydrogen) atoms. The first-order valence-corrected chi connectivity index (χ1v) is 8.68. The molecule has 128 valence electrons. The van der Waals surface area contributed by atoms with Gasteiger partial charge in [0.1, 0.15) is 0 Å². The molecule has 3 rings (SSSR count). The van der Waals surface area contributed by atoms with Gasteiger partial charge in [-0.05, 0) is 25.8 Å². The molecule has 1 aromatic rings. The largest absolute Gasteiger partial charge is 0.379 e. The normalized spacial score (nSPS) is 26.2. The summed E-state index contributed by atoms with van der Waals surface area (Å²) in [4.78, 5) is 17.1. The fourth-order valence-electron chi connectivity index (χ4n) is 3.56. The Morgan fingerprint density at radius 3 is 2.74 bits per heavy atom. The SMILES string of the molecule is CC(C)n1ccc(CC(=O)N2C[C@@H](C)[C@H](N3CCOCC3)C2)n1. The van der Waals surface area contributed by atoms with Crippen LogP contribution in [0.4, 0.5) is 0 Å². The van der Waals surface area contributed by atoms with Gasteiger partial charge in [0.25, 0.3) is 0 Å². The molecule has 1 amide bonds. The van der Waals surface area contributed by atoms with Crippen LogP contribution in [0.2, 0.25) is 0 Å². The van der Waals surface area contributed by atoms with Crippen LogP contribution in [0.5, 0.6) is 0 Å². The highest BCUT2D eigenvalue weighted by Gasteiger charge is 2.36. The standard InChI is InChI=1S/C17H28N4O2/c1-13(2)21-5-4-15(18-21)10-17(22)20-11-14(3)16(12-20)19-6-8-23-9-7-19/h4-5,13-14,16H,6-12H2,1-3H3/t14-,16-/m1/s1.